The Balaban J connectivity index is 1.35. The molecule has 0 bridgehead atoms. The van der Waals surface area contributed by atoms with Crippen LogP contribution in [0, 0.1) is 0 Å². The minimum Gasteiger partial charge on any atom is -0.348 e. The first-order valence-corrected chi connectivity index (χ1v) is 10.7. The van der Waals surface area contributed by atoms with Crippen LogP contribution in [0.15, 0.2) is 48.5 Å². The number of carbonyl (C=O) groups excluding carboxylic acids is 2. The SMILES string of the molecule is O=C(NCc1cccc(C(=O)N2CCCC2)c1)c1cccc(CN2CCCC2)c1. The molecule has 2 aliphatic rings. The van der Waals surface area contributed by atoms with Gasteiger partial charge in [-0.05, 0) is 74.2 Å². The Morgan fingerprint density at radius 3 is 2.17 bits per heavy atom. The molecule has 4 rings (SSSR count). The van der Waals surface area contributed by atoms with Crippen LogP contribution >= 0.6 is 0 Å². The highest BCUT2D eigenvalue weighted by atomic mass is 16.2. The van der Waals surface area contributed by atoms with Gasteiger partial charge in [-0.3, -0.25) is 14.5 Å². The normalized spacial score (nSPS) is 16.9. The van der Waals surface area contributed by atoms with E-state index in [1.54, 1.807) is 0 Å². The summed E-state index contributed by atoms with van der Waals surface area (Å²) in [5, 5.41) is 2.99. The van der Waals surface area contributed by atoms with Crippen molar-refractivity contribution < 1.29 is 9.59 Å². The van der Waals surface area contributed by atoms with Crippen LogP contribution in [-0.4, -0.2) is 47.8 Å². The first-order valence-electron chi connectivity index (χ1n) is 10.7. The molecule has 0 atom stereocenters. The van der Waals surface area contributed by atoms with Crippen LogP contribution in [0.4, 0.5) is 0 Å². The van der Waals surface area contributed by atoms with Crippen LogP contribution in [0.3, 0.4) is 0 Å². The van der Waals surface area contributed by atoms with Gasteiger partial charge in [0.25, 0.3) is 11.8 Å². The van der Waals surface area contributed by atoms with Gasteiger partial charge < -0.3 is 10.2 Å². The fraction of sp³-hybridized carbons (Fsp3) is 0.417. The van der Waals surface area contributed by atoms with Crippen molar-refractivity contribution in [3.8, 4) is 0 Å². The second kappa shape index (κ2) is 9.23. The van der Waals surface area contributed by atoms with E-state index in [0.29, 0.717) is 17.7 Å². The summed E-state index contributed by atoms with van der Waals surface area (Å²) in [5.74, 6) is 0.00911. The van der Waals surface area contributed by atoms with Gasteiger partial charge in [0.2, 0.25) is 0 Å². The van der Waals surface area contributed by atoms with E-state index >= 15 is 0 Å². The van der Waals surface area contributed by atoms with Crippen molar-refractivity contribution in [2.75, 3.05) is 26.2 Å². The Morgan fingerprint density at radius 2 is 1.41 bits per heavy atom. The Hall–Kier alpha value is -2.66. The van der Waals surface area contributed by atoms with Crippen molar-refractivity contribution in [3.63, 3.8) is 0 Å². The molecule has 1 N–H and O–H groups in total. The molecule has 2 amide bonds. The van der Waals surface area contributed by atoms with Crippen LogP contribution in [0.1, 0.15) is 57.5 Å². The largest absolute Gasteiger partial charge is 0.348 e. The maximum Gasteiger partial charge on any atom is 0.253 e. The van der Waals surface area contributed by atoms with Gasteiger partial charge in [-0.2, -0.15) is 0 Å². The fourth-order valence-corrected chi connectivity index (χ4v) is 4.21. The van der Waals surface area contributed by atoms with Crippen LogP contribution in [0.25, 0.3) is 0 Å². The van der Waals surface area contributed by atoms with Crippen molar-refractivity contribution in [3.05, 3.63) is 70.8 Å². The first-order chi connectivity index (χ1) is 14.2. The summed E-state index contributed by atoms with van der Waals surface area (Å²) >= 11 is 0. The lowest BCUT2D eigenvalue weighted by Gasteiger charge is -2.16. The van der Waals surface area contributed by atoms with E-state index in [9.17, 15) is 9.59 Å². The van der Waals surface area contributed by atoms with Gasteiger partial charge >= 0.3 is 0 Å². The fourth-order valence-electron chi connectivity index (χ4n) is 4.21. The van der Waals surface area contributed by atoms with Crippen LogP contribution in [0.2, 0.25) is 0 Å². The topological polar surface area (TPSA) is 52.7 Å². The lowest BCUT2D eigenvalue weighted by Crippen LogP contribution is -2.28. The number of benzene rings is 2. The first kappa shape index (κ1) is 19.6. The molecular formula is C24H29N3O2. The summed E-state index contributed by atoms with van der Waals surface area (Å²) in [6, 6.07) is 15.5. The molecule has 0 saturated carbocycles. The number of rotatable bonds is 6. The van der Waals surface area contributed by atoms with E-state index in [0.717, 1.165) is 51.1 Å². The minimum atomic E-state index is -0.0791. The number of hydrogen-bond donors (Lipinski definition) is 1. The zero-order valence-electron chi connectivity index (χ0n) is 16.9. The molecule has 29 heavy (non-hydrogen) atoms. The molecule has 2 saturated heterocycles. The second-order valence-electron chi connectivity index (χ2n) is 8.07. The molecule has 0 aliphatic carbocycles. The summed E-state index contributed by atoms with van der Waals surface area (Å²) in [4.78, 5) is 29.5. The van der Waals surface area contributed by atoms with Crippen molar-refractivity contribution in [2.45, 2.75) is 38.8 Å². The zero-order chi connectivity index (χ0) is 20.1. The predicted molar refractivity (Wildman–Crippen MR) is 114 cm³/mol. The third-order valence-electron chi connectivity index (χ3n) is 5.81. The third kappa shape index (κ3) is 5.04. The molecule has 0 aromatic heterocycles. The second-order valence-corrected chi connectivity index (χ2v) is 8.07. The van der Waals surface area contributed by atoms with Gasteiger partial charge in [0.1, 0.15) is 0 Å². The van der Waals surface area contributed by atoms with E-state index in [4.69, 9.17) is 0 Å². The van der Waals surface area contributed by atoms with Gasteiger partial charge in [0.15, 0.2) is 0 Å². The van der Waals surface area contributed by atoms with Crippen molar-refractivity contribution >= 4 is 11.8 Å². The smallest absolute Gasteiger partial charge is 0.253 e. The molecule has 0 spiro atoms. The molecule has 152 valence electrons. The molecule has 5 heteroatoms. The monoisotopic (exact) mass is 391 g/mol. The average molecular weight is 392 g/mol. The van der Waals surface area contributed by atoms with Crippen LogP contribution in [-0.2, 0) is 13.1 Å². The summed E-state index contributed by atoms with van der Waals surface area (Å²) in [6.07, 6.45) is 4.69. The lowest BCUT2D eigenvalue weighted by molar-refractivity contribution is 0.0792. The Morgan fingerprint density at radius 1 is 0.793 bits per heavy atom. The quantitative estimate of drug-likeness (QED) is 0.821. The third-order valence-corrected chi connectivity index (χ3v) is 5.81. The van der Waals surface area contributed by atoms with Crippen molar-refractivity contribution in [1.29, 1.82) is 0 Å². The molecular weight excluding hydrogens is 362 g/mol. The summed E-state index contributed by atoms with van der Waals surface area (Å²) in [5.41, 5.74) is 3.51. The van der Waals surface area contributed by atoms with E-state index in [-0.39, 0.29) is 11.8 Å². The highest BCUT2D eigenvalue weighted by Crippen LogP contribution is 2.16. The van der Waals surface area contributed by atoms with E-state index in [2.05, 4.69) is 16.3 Å². The number of likely N-dealkylation sites (tertiary alicyclic amines) is 2. The van der Waals surface area contributed by atoms with E-state index < -0.39 is 0 Å². The van der Waals surface area contributed by atoms with E-state index in [1.165, 1.54) is 18.4 Å². The maximum absolute atomic E-state index is 12.6. The molecule has 0 unspecified atom stereocenters. The number of hydrogen-bond acceptors (Lipinski definition) is 3. The average Bonchev–Trinajstić information content (AvgIpc) is 3.46. The Labute approximate surface area is 172 Å². The highest BCUT2D eigenvalue weighted by Gasteiger charge is 2.19. The summed E-state index contributed by atoms with van der Waals surface area (Å²) in [7, 11) is 0. The number of carbonyl (C=O) groups is 2. The van der Waals surface area contributed by atoms with Crippen molar-refractivity contribution in [2.24, 2.45) is 0 Å². The summed E-state index contributed by atoms with van der Waals surface area (Å²) < 4.78 is 0. The van der Waals surface area contributed by atoms with Crippen molar-refractivity contribution in [1.82, 2.24) is 15.1 Å². The molecule has 5 nitrogen and oxygen atoms in total. The van der Waals surface area contributed by atoms with Crippen LogP contribution < -0.4 is 5.32 Å². The molecule has 2 heterocycles. The number of amides is 2. The molecule has 0 radical (unpaired) electrons. The highest BCUT2D eigenvalue weighted by molar-refractivity contribution is 5.95. The molecule has 2 fully saturated rings. The van der Waals surface area contributed by atoms with Gasteiger partial charge in [0.05, 0.1) is 0 Å². The number of nitrogens with zero attached hydrogens (tertiary/aromatic N) is 2. The standard InChI is InChI=1S/C24H29N3O2/c28-23(21-9-6-8-20(16-21)18-26-11-1-2-12-26)25-17-19-7-5-10-22(15-19)24(29)27-13-3-4-14-27/h5-10,15-16H,1-4,11-14,17-18H2,(H,25,28). The Bertz CT molecular complexity index is 868. The lowest BCUT2D eigenvalue weighted by atomic mass is 10.1. The van der Waals surface area contributed by atoms with Gasteiger partial charge in [-0.15, -0.1) is 0 Å². The Kier molecular flexibility index (Phi) is 6.25. The summed E-state index contributed by atoms with van der Waals surface area (Å²) in [6.45, 7) is 5.28. The van der Waals surface area contributed by atoms with Crippen LogP contribution in [0.5, 0.6) is 0 Å². The predicted octanol–water partition coefficient (Wildman–Crippen LogP) is 3.45. The molecule has 2 aromatic rings. The zero-order valence-corrected chi connectivity index (χ0v) is 16.9. The molecule has 2 aromatic carbocycles. The number of nitrogens with one attached hydrogen (secondary N) is 1. The maximum atomic E-state index is 12.6. The molecule has 2 aliphatic heterocycles. The van der Waals surface area contributed by atoms with E-state index in [1.807, 2.05) is 47.4 Å². The van der Waals surface area contributed by atoms with Gasteiger partial charge in [-0.1, -0.05) is 24.3 Å². The van der Waals surface area contributed by atoms with Gasteiger partial charge in [-0.25, -0.2) is 0 Å². The minimum absolute atomic E-state index is 0.0791. The van der Waals surface area contributed by atoms with Gasteiger partial charge in [0, 0.05) is 37.3 Å².